The Hall–Kier alpha value is -0.0800. The highest BCUT2D eigenvalue weighted by molar-refractivity contribution is 4.78. The molecular formula is C6H10O2. The van der Waals surface area contributed by atoms with Gasteiger partial charge in [0.1, 0.15) is 12.2 Å². The summed E-state index contributed by atoms with van der Waals surface area (Å²) >= 11 is 0. The Bertz CT molecular complexity index is 80.5. The average Bonchev–Trinajstić information content (AvgIpc) is 1.72. The molecule has 0 aromatic rings. The van der Waals surface area contributed by atoms with E-state index in [1.807, 2.05) is 0 Å². The predicted octanol–water partition coefficient (Wildman–Crippen LogP) is 1.26. The fraction of sp³-hybridized carbons (Fsp3) is 1.00. The number of hydrogen-bond acceptors (Lipinski definition) is 2. The zero-order valence-electron chi connectivity index (χ0n) is 4.80. The van der Waals surface area contributed by atoms with Gasteiger partial charge in [-0.2, -0.15) is 0 Å². The molecule has 2 heteroatoms. The molecule has 0 amide bonds. The normalized spacial score (nSPS) is 45.0. The summed E-state index contributed by atoms with van der Waals surface area (Å²) in [5, 5.41) is 0. The molecule has 2 fully saturated rings. The molecular weight excluding hydrogens is 104 g/mol. The van der Waals surface area contributed by atoms with Crippen LogP contribution in [0.4, 0.5) is 0 Å². The first kappa shape index (κ1) is 4.77. The van der Waals surface area contributed by atoms with Crippen LogP contribution in [-0.4, -0.2) is 12.2 Å². The molecule has 46 valence electrons. The lowest BCUT2D eigenvalue weighted by Gasteiger charge is -2.37. The van der Waals surface area contributed by atoms with Crippen molar-refractivity contribution < 1.29 is 9.78 Å². The van der Waals surface area contributed by atoms with Gasteiger partial charge in [0.2, 0.25) is 0 Å². The third-order valence-corrected chi connectivity index (χ3v) is 1.94. The summed E-state index contributed by atoms with van der Waals surface area (Å²) in [6.07, 6.45) is 6.00. The van der Waals surface area contributed by atoms with Crippen LogP contribution in [0, 0.1) is 0 Å². The summed E-state index contributed by atoms with van der Waals surface area (Å²) in [6.45, 7) is 0. The number of fused-ring (bicyclic) bond motifs is 1. The van der Waals surface area contributed by atoms with E-state index in [0.717, 1.165) is 0 Å². The van der Waals surface area contributed by atoms with E-state index in [2.05, 4.69) is 0 Å². The van der Waals surface area contributed by atoms with Gasteiger partial charge in [-0.25, -0.2) is 9.78 Å². The lowest BCUT2D eigenvalue weighted by molar-refractivity contribution is -0.470. The lowest BCUT2D eigenvalue weighted by Crippen LogP contribution is -2.44. The molecule has 8 heavy (non-hydrogen) atoms. The van der Waals surface area contributed by atoms with Gasteiger partial charge < -0.3 is 0 Å². The molecule has 0 aromatic heterocycles. The van der Waals surface area contributed by atoms with E-state index in [-0.39, 0.29) is 0 Å². The number of hydrogen-bond donors (Lipinski definition) is 0. The summed E-state index contributed by atoms with van der Waals surface area (Å²) < 4.78 is 0. The molecule has 2 atom stereocenters. The number of rotatable bonds is 0. The molecule has 0 aromatic carbocycles. The Morgan fingerprint density at radius 2 is 1.38 bits per heavy atom. The predicted molar refractivity (Wildman–Crippen MR) is 28.2 cm³/mol. The molecule has 0 bridgehead atoms. The van der Waals surface area contributed by atoms with Crippen LogP contribution in [0.25, 0.3) is 0 Å². The quantitative estimate of drug-likeness (QED) is 0.441. The first-order valence-electron chi connectivity index (χ1n) is 3.29. The van der Waals surface area contributed by atoms with Gasteiger partial charge in [-0.15, -0.1) is 0 Å². The smallest absolute Gasteiger partial charge is 0.122 e. The van der Waals surface area contributed by atoms with Crippen molar-refractivity contribution in [1.29, 1.82) is 0 Å². The summed E-state index contributed by atoms with van der Waals surface area (Å²) in [4.78, 5) is 9.67. The molecule has 1 saturated carbocycles. The first-order chi connectivity index (χ1) is 3.97. The molecule has 2 aliphatic rings. The molecule has 1 aliphatic heterocycles. The Kier molecular flexibility index (Phi) is 1.02. The van der Waals surface area contributed by atoms with Crippen molar-refractivity contribution >= 4 is 0 Å². The highest BCUT2D eigenvalue weighted by Crippen LogP contribution is 2.30. The van der Waals surface area contributed by atoms with Crippen LogP contribution in [0.2, 0.25) is 0 Å². The van der Waals surface area contributed by atoms with E-state index in [0.29, 0.717) is 12.2 Å². The van der Waals surface area contributed by atoms with Gasteiger partial charge in [0, 0.05) is 0 Å². The Balaban J connectivity index is 1.92. The molecule has 0 radical (unpaired) electrons. The van der Waals surface area contributed by atoms with E-state index in [4.69, 9.17) is 9.78 Å². The fourth-order valence-corrected chi connectivity index (χ4v) is 1.37. The molecule has 1 saturated heterocycles. The summed E-state index contributed by atoms with van der Waals surface area (Å²) in [6, 6.07) is 0. The SMILES string of the molecule is C1CCC2OOC2C1. The summed E-state index contributed by atoms with van der Waals surface area (Å²) in [5.41, 5.74) is 0. The summed E-state index contributed by atoms with van der Waals surface area (Å²) in [5.74, 6) is 0. The third kappa shape index (κ3) is 0.565. The molecule has 0 N–H and O–H groups in total. The standard InChI is InChI=1S/C6H10O2/c1-2-4-6-5(3-1)7-8-6/h5-6H,1-4H2. The minimum atomic E-state index is 0.462. The zero-order valence-corrected chi connectivity index (χ0v) is 4.80. The van der Waals surface area contributed by atoms with Gasteiger partial charge in [-0.1, -0.05) is 12.8 Å². The molecule has 1 aliphatic carbocycles. The molecule has 0 spiro atoms. The topological polar surface area (TPSA) is 18.5 Å². The Labute approximate surface area is 48.7 Å². The minimum Gasteiger partial charge on any atom is -0.230 e. The van der Waals surface area contributed by atoms with E-state index < -0.39 is 0 Å². The van der Waals surface area contributed by atoms with Crippen molar-refractivity contribution in [3.63, 3.8) is 0 Å². The van der Waals surface area contributed by atoms with Gasteiger partial charge in [0.25, 0.3) is 0 Å². The van der Waals surface area contributed by atoms with Crippen molar-refractivity contribution in [1.82, 2.24) is 0 Å². The monoisotopic (exact) mass is 114 g/mol. The van der Waals surface area contributed by atoms with E-state index in [1.165, 1.54) is 25.7 Å². The highest BCUT2D eigenvalue weighted by Gasteiger charge is 2.36. The van der Waals surface area contributed by atoms with Crippen molar-refractivity contribution in [3.8, 4) is 0 Å². The molecule has 1 heterocycles. The van der Waals surface area contributed by atoms with E-state index in [9.17, 15) is 0 Å². The molecule has 2 unspecified atom stereocenters. The van der Waals surface area contributed by atoms with Gasteiger partial charge in [-0.05, 0) is 12.8 Å². The first-order valence-corrected chi connectivity index (χ1v) is 3.29. The maximum absolute atomic E-state index is 4.83. The minimum absolute atomic E-state index is 0.462. The van der Waals surface area contributed by atoms with Crippen molar-refractivity contribution in [2.45, 2.75) is 37.9 Å². The van der Waals surface area contributed by atoms with Crippen LogP contribution >= 0.6 is 0 Å². The fourth-order valence-electron chi connectivity index (χ4n) is 1.37. The maximum Gasteiger partial charge on any atom is 0.122 e. The van der Waals surface area contributed by atoms with Crippen molar-refractivity contribution in [2.75, 3.05) is 0 Å². The van der Waals surface area contributed by atoms with Crippen LogP contribution in [0.15, 0.2) is 0 Å². The second kappa shape index (κ2) is 1.71. The van der Waals surface area contributed by atoms with E-state index in [1.54, 1.807) is 0 Å². The van der Waals surface area contributed by atoms with E-state index >= 15 is 0 Å². The van der Waals surface area contributed by atoms with Crippen LogP contribution < -0.4 is 0 Å². The second-order valence-corrected chi connectivity index (χ2v) is 2.55. The second-order valence-electron chi connectivity index (χ2n) is 2.55. The van der Waals surface area contributed by atoms with Gasteiger partial charge in [-0.3, -0.25) is 0 Å². The largest absolute Gasteiger partial charge is 0.230 e. The van der Waals surface area contributed by atoms with Gasteiger partial charge in [0.05, 0.1) is 0 Å². The molecule has 2 rings (SSSR count). The van der Waals surface area contributed by atoms with Crippen LogP contribution in [0.5, 0.6) is 0 Å². The lowest BCUT2D eigenvalue weighted by atomic mass is 9.94. The maximum atomic E-state index is 4.83. The van der Waals surface area contributed by atoms with Crippen LogP contribution in [-0.2, 0) is 9.78 Å². The Morgan fingerprint density at radius 1 is 0.875 bits per heavy atom. The Morgan fingerprint density at radius 3 is 1.62 bits per heavy atom. The van der Waals surface area contributed by atoms with Crippen molar-refractivity contribution in [2.24, 2.45) is 0 Å². The summed E-state index contributed by atoms with van der Waals surface area (Å²) in [7, 11) is 0. The zero-order chi connectivity index (χ0) is 5.40. The van der Waals surface area contributed by atoms with Crippen LogP contribution in [0.3, 0.4) is 0 Å². The molecule has 2 nitrogen and oxygen atoms in total. The van der Waals surface area contributed by atoms with Gasteiger partial charge in [0.15, 0.2) is 0 Å². The average molecular weight is 114 g/mol. The van der Waals surface area contributed by atoms with Crippen molar-refractivity contribution in [3.05, 3.63) is 0 Å². The van der Waals surface area contributed by atoms with Gasteiger partial charge >= 0.3 is 0 Å². The third-order valence-electron chi connectivity index (χ3n) is 1.94. The highest BCUT2D eigenvalue weighted by atomic mass is 17.2. The van der Waals surface area contributed by atoms with Crippen LogP contribution in [0.1, 0.15) is 25.7 Å².